The van der Waals surface area contributed by atoms with Crippen LogP contribution in [0.5, 0.6) is 5.75 Å². The van der Waals surface area contributed by atoms with E-state index >= 15 is 0 Å². The Morgan fingerprint density at radius 2 is 1.82 bits per heavy atom. The highest BCUT2D eigenvalue weighted by Gasteiger charge is 2.14. The first-order chi connectivity index (χ1) is 16.2. The lowest BCUT2D eigenvalue weighted by Crippen LogP contribution is -2.29. The molecule has 0 saturated carbocycles. The van der Waals surface area contributed by atoms with Crippen molar-refractivity contribution >= 4 is 52.5 Å². The fourth-order valence-electron chi connectivity index (χ4n) is 2.86. The van der Waals surface area contributed by atoms with Crippen molar-refractivity contribution in [1.82, 2.24) is 20.1 Å². The average molecular weight is 522 g/mol. The molecule has 0 radical (unpaired) electrons. The predicted octanol–water partition coefficient (Wildman–Crippen LogP) is 4.67. The number of nitrogens with zero attached hydrogens (tertiary/aromatic N) is 3. The smallest absolute Gasteiger partial charge is 0.258 e. The first-order valence-electron chi connectivity index (χ1n) is 10.5. The number of ether oxygens (including phenoxy) is 1. The van der Waals surface area contributed by atoms with Crippen molar-refractivity contribution in [1.29, 1.82) is 0 Å². The molecule has 0 aliphatic heterocycles. The van der Waals surface area contributed by atoms with Gasteiger partial charge in [-0.3, -0.25) is 9.59 Å². The number of benzene rings is 2. The number of amides is 2. The second-order valence-electron chi connectivity index (χ2n) is 7.71. The van der Waals surface area contributed by atoms with Crippen LogP contribution in [0.15, 0.2) is 47.6 Å². The summed E-state index contributed by atoms with van der Waals surface area (Å²) >= 11 is 13.2. The molecule has 0 bridgehead atoms. The van der Waals surface area contributed by atoms with Gasteiger partial charge in [-0.05, 0) is 41.8 Å². The highest BCUT2D eigenvalue weighted by Crippen LogP contribution is 2.26. The van der Waals surface area contributed by atoms with Crippen LogP contribution in [0.25, 0.3) is 0 Å². The standard InChI is InChI=1S/C23H25Cl2N5O3S/c1-14(2)15-4-7-17(8-5-15)33-12-21(31)26-11-20-28-29-23(30(20)3)34-13-22(32)27-19-9-6-16(24)10-18(19)25/h4-10,14H,11-13H2,1-3H3,(H,26,31)(H,27,32). The molecule has 2 aromatic carbocycles. The van der Waals surface area contributed by atoms with Crippen LogP contribution in [0.4, 0.5) is 5.69 Å². The Balaban J connectivity index is 1.43. The van der Waals surface area contributed by atoms with Gasteiger partial charge in [0.15, 0.2) is 17.6 Å². The van der Waals surface area contributed by atoms with E-state index in [1.807, 2.05) is 24.3 Å². The zero-order valence-electron chi connectivity index (χ0n) is 19.0. The van der Waals surface area contributed by atoms with Crippen molar-refractivity contribution in [2.75, 3.05) is 17.7 Å². The summed E-state index contributed by atoms with van der Waals surface area (Å²) in [4.78, 5) is 24.4. The van der Waals surface area contributed by atoms with Gasteiger partial charge in [0.2, 0.25) is 5.91 Å². The molecule has 0 saturated heterocycles. The van der Waals surface area contributed by atoms with Gasteiger partial charge in [0.25, 0.3) is 5.91 Å². The third-order valence-corrected chi connectivity index (χ3v) is 6.39. The van der Waals surface area contributed by atoms with Crippen molar-refractivity contribution in [3.63, 3.8) is 0 Å². The van der Waals surface area contributed by atoms with Crippen molar-refractivity contribution in [2.45, 2.75) is 31.5 Å². The Hall–Kier alpha value is -2.75. The highest BCUT2D eigenvalue weighted by molar-refractivity contribution is 7.99. The van der Waals surface area contributed by atoms with Crippen molar-refractivity contribution < 1.29 is 14.3 Å². The largest absolute Gasteiger partial charge is 0.484 e. The molecule has 0 atom stereocenters. The van der Waals surface area contributed by atoms with E-state index in [1.54, 1.807) is 29.8 Å². The minimum absolute atomic E-state index is 0.103. The highest BCUT2D eigenvalue weighted by atomic mass is 35.5. The molecule has 0 unspecified atom stereocenters. The third-order valence-electron chi connectivity index (χ3n) is 4.82. The fraction of sp³-hybridized carbons (Fsp3) is 0.304. The van der Waals surface area contributed by atoms with Gasteiger partial charge < -0.3 is 19.9 Å². The zero-order valence-corrected chi connectivity index (χ0v) is 21.3. The van der Waals surface area contributed by atoms with Crippen LogP contribution in [-0.4, -0.2) is 38.9 Å². The Morgan fingerprint density at radius 1 is 1.09 bits per heavy atom. The lowest BCUT2D eigenvalue weighted by atomic mass is 10.0. The molecular formula is C23H25Cl2N5O3S. The molecule has 3 aromatic rings. The maximum absolute atomic E-state index is 12.2. The minimum Gasteiger partial charge on any atom is -0.484 e. The summed E-state index contributed by atoms with van der Waals surface area (Å²) in [7, 11) is 1.77. The molecule has 0 fully saturated rings. The van der Waals surface area contributed by atoms with Crippen LogP contribution in [-0.2, 0) is 23.2 Å². The molecule has 180 valence electrons. The number of rotatable bonds is 10. The minimum atomic E-state index is -0.274. The topological polar surface area (TPSA) is 98.1 Å². The Morgan fingerprint density at radius 3 is 2.50 bits per heavy atom. The van der Waals surface area contributed by atoms with E-state index in [-0.39, 0.29) is 30.7 Å². The van der Waals surface area contributed by atoms with E-state index in [0.29, 0.717) is 38.4 Å². The number of carbonyl (C=O) groups excluding carboxylic acids is 2. The first-order valence-corrected chi connectivity index (χ1v) is 12.2. The molecular weight excluding hydrogens is 497 g/mol. The van der Waals surface area contributed by atoms with Crippen LogP contribution < -0.4 is 15.4 Å². The van der Waals surface area contributed by atoms with Gasteiger partial charge in [0.05, 0.1) is 23.0 Å². The number of anilines is 1. The van der Waals surface area contributed by atoms with E-state index in [4.69, 9.17) is 27.9 Å². The van der Waals surface area contributed by atoms with Crippen molar-refractivity contribution in [2.24, 2.45) is 7.05 Å². The van der Waals surface area contributed by atoms with E-state index in [0.717, 1.165) is 0 Å². The van der Waals surface area contributed by atoms with Crippen LogP contribution >= 0.6 is 35.0 Å². The van der Waals surface area contributed by atoms with Gasteiger partial charge in [-0.2, -0.15) is 0 Å². The van der Waals surface area contributed by atoms with Gasteiger partial charge in [0, 0.05) is 12.1 Å². The van der Waals surface area contributed by atoms with Crippen LogP contribution in [0.3, 0.4) is 0 Å². The number of hydrogen-bond acceptors (Lipinski definition) is 6. The second kappa shape index (κ2) is 12.1. The molecule has 1 aromatic heterocycles. The van der Waals surface area contributed by atoms with Gasteiger partial charge >= 0.3 is 0 Å². The summed E-state index contributed by atoms with van der Waals surface area (Å²) in [6.07, 6.45) is 0. The van der Waals surface area contributed by atoms with Crippen LogP contribution in [0.1, 0.15) is 31.2 Å². The van der Waals surface area contributed by atoms with Crippen LogP contribution in [0, 0.1) is 0 Å². The van der Waals surface area contributed by atoms with Gasteiger partial charge in [-0.15, -0.1) is 10.2 Å². The first kappa shape index (κ1) is 25.9. The van der Waals surface area contributed by atoms with Gasteiger partial charge in [-0.25, -0.2) is 0 Å². The van der Waals surface area contributed by atoms with Crippen molar-refractivity contribution in [3.05, 3.63) is 63.9 Å². The van der Waals surface area contributed by atoms with E-state index < -0.39 is 0 Å². The van der Waals surface area contributed by atoms with Crippen molar-refractivity contribution in [3.8, 4) is 5.75 Å². The monoisotopic (exact) mass is 521 g/mol. The predicted molar refractivity (Wildman–Crippen MR) is 135 cm³/mol. The molecule has 0 spiro atoms. The molecule has 3 rings (SSSR count). The molecule has 2 amide bonds. The van der Waals surface area contributed by atoms with Gasteiger partial charge in [0.1, 0.15) is 5.75 Å². The number of thioether (sulfide) groups is 1. The quantitative estimate of drug-likeness (QED) is 0.376. The molecule has 34 heavy (non-hydrogen) atoms. The average Bonchev–Trinajstić information content (AvgIpc) is 3.16. The van der Waals surface area contributed by atoms with Gasteiger partial charge in [-0.1, -0.05) is 60.9 Å². The summed E-state index contributed by atoms with van der Waals surface area (Å²) in [6, 6.07) is 12.5. The summed E-state index contributed by atoms with van der Waals surface area (Å²) in [5, 5.41) is 15.1. The number of carbonyl (C=O) groups is 2. The summed E-state index contributed by atoms with van der Waals surface area (Å²) in [5.41, 5.74) is 1.69. The Labute approximate surface area is 212 Å². The second-order valence-corrected chi connectivity index (χ2v) is 9.49. The molecule has 1 heterocycles. The SMILES string of the molecule is CC(C)c1ccc(OCC(=O)NCc2nnc(SCC(=O)Nc3ccc(Cl)cc3Cl)n2C)cc1. The van der Waals surface area contributed by atoms with E-state index in [2.05, 4.69) is 34.7 Å². The van der Waals surface area contributed by atoms with Crippen LogP contribution in [0.2, 0.25) is 10.0 Å². The lowest BCUT2D eigenvalue weighted by molar-refractivity contribution is -0.123. The normalized spacial score (nSPS) is 10.9. The Kier molecular flexibility index (Phi) is 9.20. The molecule has 0 aliphatic carbocycles. The maximum Gasteiger partial charge on any atom is 0.258 e. The maximum atomic E-state index is 12.2. The molecule has 0 aliphatic rings. The fourth-order valence-corrected chi connectivity index (χ4v) is 4.04. The number of hydrogen-bond donors (Lipinski definition) is 2. The Bertz CT molecular complexity index is 1150. The zero-order chi connectivity index (χ0) is 24.7. The number of halogens is 2. The van der Waals surface area contributed by atoms with E-state index in [9.17, 15) is 9.59 Å². The summed E-state index contributed by atoms with van der Waals surface area (Å²) < 4.78 is 7.26. The number of aromatic nitrogens is 3. The molecule has 2 N–H and O–H groups in total. The van der Waals surface area contributed by atoms with E-state index in [1.165, 1.54) is 17.3 Å². The molecule has 11 heteroatoms. The summed E-state index contributed by atoms with van der Waals surface area (Å²) in [5.74, 6) is 1.22. The summed E-state index contributed by atoms with van der Waals surface area (Å²) in [6.45, 7) is 4.32. The molecule has 8 nitrogen and oxygen atoms in total. The lowest BCUT2D eigenvalue weighted by Gasteiger charge is -2.09. The number of nitrogens with one attached hydrogen (secondary N) is 2. The third kappa shape index (κ3) is 7.38.